The fourth-order valence-electron chi connectivity index (χ4n) is 0.227. The number of Topliss-reactive ketones (excluding diaryl/α,β-unsaturated/α-hetero) is 1. The smallest absolute Gasteiger partial charge is 0.212 e. The molecule has 0 aromatic carbocycles. The van der Waals surface area contributed by atoms with Crippen LogP contribution in [-0.4, -0.2) is 32.8 Å². The molecule has 0 bridgehead atoms. The molecule has 0 saturated heterocycles. The van der Waals surface area contributed by atoms with Crippen molar-refractivity contribution in [3.63, 3.8) is 0 Å². The number of hydrogen-bond acceptors (Lipinski definition) is 6. The molecule has 13 heavy (non-hydrogen) atoms. The summed E-state index contributed by atoms with van der Waals surface area (Å²) in [5.41, 5.74) is 0. The summed E-state index contributed by atoms with van der Waals surface area (Å²) in [6, 6.07) is 3.67. The minimum atomic E-state index is -1.79. The highest BCUT2D eigenvalue weighted by atomic mass is 17.0. The monoisotopic (exact) mass is 192 g/mol. The number of ketones is 1. The Hall–Kier alpha value is -1.21. The van der Waals surface area contributed by atoms with Crippen LogP contribution in [0.2, 0.25) is 0 Å². The van der Waals surface area contributed by atoms with Gasteiger partial charge in [-0.3, -0.25) is 15.3 Å². The molecule has 1 rings (SSSR count). The Kier molecular flexibility index (Phi) is 11.9. The van der Waals surface area contributed by atoms with Crippen LogP contribution in [0.3, 0.4) is 0 Å². The van der Waals surface area contributed by atoms with E-state index in [-0.39, 0.29) is 0 Å². The summed E-state index contributed by atoms with van der Waals surface area (Å²) < 4.78 is 4.58. The van der Waals surface area contributed by atoms with Crippen LogP contribution in [0.25, 0.3) is 0 Å². The Balaban J connectivity index is 0. The van der Waals surface area contributed by atoms with Gasteiger partial charge in [-0.2, -0.15) is 0 Å². The Bertz CT molecular complexity index is 164. The maximum Gasteiger partial charge on any atom is 0.212 e. The zero-order valence-corrected chi connectivity index (χ0v) is 6.99. The zero-order chi connectivity index (χ0) is 10.7. The fraction of sp³-hybridized carbons (Fsp3) is 0.286. The van der Waals surface area contributed by atoms with E-state index in [9.17, 15) is 4.79 Å². The summed E-state index contributed by atoms with van der Waals surface area (Å²) in [6.07, 6.45) is 1.46. The maximum absolute atomic E-state index is 9.64. The summed E-state index contributed by atoms with van der Waals surface area (Å²) >= 11 is 0. The van der Waals surface area contributed by atoms with Crippen LogP contribution >= 0.6 is 0 Å². The Morgan fingerprint density at radius 1 is 1.23 bits per heavy atom. The van der Waals surface area contributed by atoms with Crippen LogP contribution in [0.1, 0.15) is 6.92 Å². The van der Waals surface area contributed by atoms with Gasteiger partial charge in [0.15, 0.2) is 5.78 Å². The molecule has 0 saturated carbocycles. The average Bonchev–Trinajstić information content (AvgIpc) is 2.64. The Morgan fingerprint density at radius 2 is 1.54 bits per heavy atom. The van der Waals surface area contributed by atoms with Gasteiger partial charge in [0, 0.05) is 0 Å². The van der Waals surface area contributed by atoms with E-state index in [1.807, 2.05) is 12.1 Å². The van der Waals surface area contributed by atoms with Crippen molar-refractivity contribution in [2.24, 2.45) is 0 Å². The summed E-state index contributed by atoms with van der Waals surface area (Å²) in [6.45, 7) is 1.10. The SMILES string of the molecule is CC(=O)C(O)O.OO.c1ccoc1. The second-order valence-electron chi connectivity index (χ2n) is 1.78. The molecule has 76 valence electrons. The molecule has 0 unspecified atom stereocenters. The fourth-order valence-corrected chi connectivity index (χ4v) is 0.227. The van der Waals surface area contributed by atoms with E-state index in [4.69, 9.17) is 20.7 Å². The second-order valence-corrected chi connectivity index (χ2v) is 1.78. The molecule has 6 nitrogen and oxygen atoms in total. The third-order valence-electron chi connectivity index (χ3n) is 0.789. The molecule has 0 amide bonds. The molecule has 0 fully saturated rings. The van der Waals surface area contributed by atoms with Gasteiger partial charge in [0.25, 0.3) is 0 Å². The quantitative estimate of drug-likeness (QED) is 0.287. The minimum Gasteiger partial charge on any atom is -0.473 e. The molecule has 1 aromatic rings. The summed E-state index contributed by atoms with van der Waals surface area (Å²) in [5, 5.41) is 27.7. The van der Waals surface area contributed by atoms with Crippen molar-refractivity contribution in [3.8, 4) is 0 Å². The Labute approximate surface area is 74.6 Å². The lowest BCUT2D eigenvalue weighted by Crippen LogP contribution is -2.14. The number of carbonyl (C=O) groups excluding carboxylic acids is 1. The highest BCUT2D eigenvalue weighted by molar-refractivity contribution is 5.78. The van der Waals surface area contributed by atoms with Gasteiger partial charge in [0.05, 0.1) is 12.5 Å². The van der Waals surface area contributed by atoms with Crippen LogP contribution in [0, 0.1) is 0 Å². The van der Waals surface area contributed by atoms with E-state index in [0.717, 1.165) is 6.92 Å². The molecular formula is C7H12O6. The van der Waals surface area contributed by atoms with Gasteiger partial charge in [-0.25, -0.2) is 0 Å². The van der Waals surface area contributed by atoms with Crippen molar-refractivity contribution in [3.05, 3.63) is 24.7 Å². The maximum atomic E-state index is 9.64. The normalized spacial score (nSPS) is 7.85. The first-order valence-electron chi connectivity index (χ1n) is 3.18. The standard InChI is InChI=1S/C4H4O.C3H6O3.H2O2/c1-2-4-5-3-1;1-2(4)3(5)6;1-2/h1-4H;3,5-6H,1H3;1-2H. The first-order valence-corrected chi connectivity index (χ1v) is 3.18. The molecule has 0 aliphatic rings. The summed E-state index contributed by atoms with van der Waals surface area (Å²) in [7, 11) is 0. The largest absolute Gasteiger partial charge is 0.473 e. The topological polar surface area (TPSA) is 111 Å². The summed E-state index contributed by atoms with van der Waals surface area (Å²) in [4.78, 5) is 9.64. The number of carbonyl (C=O) groups is 1. The molecule has 1 heterocycles. The van der Waals surface area contributed by atoms with Gasteiger partial charge in [0.2, 0.25) is 6.29 Å². The molecule has 0 aliphatic heterocycles. The first kappa shape index (κ1) is 14.3. The van der Waals surface area contributed by atoms with Gasteiger partial charge >= 0.3 is 0 Å². The van der Waals surface area contributed by atoms with Gasteiger partial charge in [-0.15, -0.1) is 0 Å². The first-order chi connectivity index (χ1) is 6.14. The lowest BCUT2D eigenvalue weighted by atomic mass is 10.4. The van der Waals surface area contributed by atoms with Crippen LogP contribution in [0.15, 0.2) is 29.1 Å². The number of rotatable bonds is 1. The van der Waals surface area contributed by atoms with Crippen molar-refractivity contribution < 1.29 is 29.9 Å². The molecule has 6 heteroatoms. The zero-order valence-electron chi connectivity index (χ0n) is 6.99. The van der Waals surface area contributed by atoms with E-state index < -0.39 is 12.1 Å². The summed E-state index contributed by atoms with van der Waals surface area (Å²) in [5.74, 6) is -0.630. The number of aliphatic hydroxyl groups is 2. The average molecular weight is 192 g/mol. The highest BCUT2D eigenvalue weighted by Crippen LogP contribution is 1.79. The molecule has 0 atom stereocenters. The molecule has 0 radical (unpaired) electrons. The Morgan fingerprint density at radius 3 is 1.62 bits per heavy atom. The van der Waals surface area contributed by atoms with Gasteiger partial charge in [0.1, 0.15) is 0 Å². The van der Waals surface area contributed by atoms with Gasteiger partial charge in [-0.1, -0.05) is 0 Å². The molecular weight excluding hydrogens is 180 g/mol. The lowest BCUT2D eigenvalue weighted by Gasteiger charge is -1.90. The number of furan rings is 1. The third-order valence-corrected chi connectivity index (χ3v) is 0.789. The van der Waals surface area contributed by atoms with E-state index in [1.165, 1.54) is 0 Å². The predicted molar refractivity (Wildman–Crippen MR) is 42.9 cm³/mol. The van der Waals surface area contributed by atoms with Crippen LogP contribution in [-0.2, 0) is 4.79 Å². The molecule has 4 N–H and O–H groups in total. The third kappa shape index (κ3) is 13.7. The van der Waals surface area contributed by atoms with Gasteiger partial charge < -0.3 is 14.6 Å². The molecule has 0 aliphatic carbocycles. The van der Waals surface area contributed by atoms with Crippen molar-refractivity contribution in [1.82, 2.24) is 0 Å². The van der Waals surface area contributed by atoms with Crippen LogP contribution in [0.4, 0.5) is 0 Å². The molecule has 0 spiro atoms. The second kappa shape index (κ2) is 10.8. The van der Waals surface area contributed by atoms with Crippen LogP contribution in [0.5, 0.6) is 0 Å². The van der Waals surface area contributed by atoms with Crippen molar-refractivity contribution >= 4 is 5.78 Å². The van der Waals surface area contributed by atoms with E-state index in [1.54, 1.807) is 12.5 Å². The van der Waals surface area contributed by atoms with Crippen molar-refractivity contribution in [2.75, 3.05) is 0 Å². The van der Waals surface area contributed by atoms with Gasteiger partial charge in [-0.05, 0) is 19.1 Å². The highest BCUT2D eigenvalue weighted by Gasteiger charge is 1.99. The predicted octanol–water partition coefficient (Wildman–Crippen LogP) is 0.183. The molecule has 1 aromatic heterocycles. The van der Waals surface area contributed by atoms with E-state index in [0.29, 0.717) is 0 Å². The van der Waals surface area contributed by atoms with E-state index in [2.05, 4.69) is 4.42 Å². The number of hydrogen-bond donors (Lipinski definition) is 4. The van der Waals surface area contributed by atoms with E-state index >= 15 is 0 Å². The number of aliphatic hydroxyl groups excluding tert-OH is 1. The van der Waals surface area contributed by atoms with Crippen LogP contribution < -0.4 is 0 Å². The lowest BCUT2D eigenvalue weighted by molar-refractivity contribution is -0.176. The minimum absolute atomic E-state index is 0.630. The van der Waals surface area contributed by atoms with Crippen molar-refractivity contribution in [1.29, 1.82) is 0 Å². The van der Waals surface area contributed by atoms with Crippen molar-refractivity contribution in [2.45, 2.75) is 13.2 Å².